The molecule has 0 fully saturated rings. The van der Waals surface area contributed by atoms with Crippen LogP contribution in [0.25, 0.3) is 0 Å². The molecule has 2 rings (SSSR count). The summed E-state index contributed by atoms with van der Waals surface area (Å²) in [5, 5.41) is 2.99. The highest BCUT2D eigenvalue weighted by Crippen LogP contribution is 2.13. The Balaban J connectivity index is 2.25. The van der Waals surface area contributed by atoms with Crippen molar-refractivity contribution in [3.8, 4) is 0 Å². The molecule has 0 aliphatic heterocycles. The molecule has 0 spiro atoms. The predicted octanol–water partition coefficient (Wildman–Crippen LogP) is 2.67. The van der Waals surface area contributed by atoms with Crippen LogP contribution in [-0.4, -0.2) is 9.97 Å². The van der Waals surface area contributed by atoms with Crippen LogP contribution < -0.4 is 5.32 Å². The average Bonchev–Trinajstić information content (AvgIpc) is 2.17. The monoisotopic (exact) mass is 203 g/mol. The van der Waals surface area contributed by atoms with E-state index in [1.165, 1.54) is 0 Å². The fourth-order valence-electron chi connectivity index (χ4n) is 1.27. The Hall–Kier alpha value is -1.97. The summed E-state index contributed by atoms with van der Waals surface area (Å²) in [5.41, 5.74) is 1.47. The third-order valence-electron chi connectivity index (χ3n) is 1.87. The molecule has 76 valence electrons. The molecule has 0 unspecified atom stereocenters. The molecule has 1 aromatic heterocycles. The summed E-state index contributed by atoms with van der Waals surface area (Å²) >= 11 is 0. The van der Waals surface area contributed by atoms with E-state index in [1.807, 2.05) is 30.3 Å². The summed E-state index contributed by atoms with van der Waals surface area (Å²) in [7, 11) is 0. The Morgan fingerprint density at radius 2 is 1.87 bits per heavy atom. The van der Waals surface area contributed by atoms with Crippen molar-refractivity contribution in [2.75, 3.05) is 5.32 Å². The van der Waals surface area contributed by atoms with Gasteiger partial charge in [-0.05, 0) is 19.1 Å². The SMILES string of the molecule is Cc1cc(Nc2ccccc2)nc(F)n1. The fraction of sp³-hybridized carbons (Fsp3) is 0.0909. The Labute approximate surface area is 87.0 Å². The molecule has 1 heterocycles. The minimum absolute atomic E-state index is 0.464. The highest BCUT2D eigenvalue weighted by molar-refractivity contribution is 5.55. The summed E-state index contributed by atoms with van der Waals surface area (Å²) < 4.78 is 12.9. The maximum atomic E-state index is 12.9. The Kier molecular flexibility index (Phi) is 2.58. The van der Waals surface area contributed by atoms with Crippen LogP contribution in [0.2, 0.25) is 0 Å². The van der Waals surface area contributed by atoms with Gasteiger partial charge in [-0.2, -0.15) is 9.37 Å². The lowest BCUT2D eigenvalue weighted by Gasteiger charge is -2.05. The van der Waals surface area contributed by atoms with Gasteiger partial charge in [0, 0.05) is 17.4 Å². The molecule has 0 saturated carbocycles. The van der Waals surface area contributed by atoms with Gasteiger partial charge in [-0.15, -0.1) is 0 Å². The van der Waals surface area contributed by atoms with Crippen molar-refractivity contribution < 1.29 is 4.39 Å². The minimum atomic E-state index is -0.714. The molecule has 3 nitrogen and oxygen atoms in total. The molecule has 4 heteroatoms. The van der Waals surface area contributed by atoms with E-state index in [0.717, 1.165) is 5.69 Å². The summed E-state index contributed by atoms with van der Waals surface area (Å²) in [5.74, 6) is 0.464. The normalized spacial score (nSPS) is 10.0. The van der Waals surface area contributed by atoms with Gasteiger partial charge in [-0.25, -0.2) is 4.98 Å². The van der Waals surface area contributed by atoms with Crippen molar-refractivity contribution in [3.05, 3.63) is 48.2 Å². The zero-order chi connectivity index (χ0) is 10.7. The van der Waals surface area contributed by atoms with Gasteiger partial charge in [0.1, 0.15) is 5.82 Å². The molecule has 0 aliphatic carbocycles. The van der Waals surface area contributed by atoms with Crippen LogP contribution >= 0.6 is 0 Å². The van der Waals surface area contributed by atoms with Crippen LogP contribution in [0.15, 0.2) is 36.4 Å². The lowest BCUT2D eigenvalue weighted by molar-refractivity contribution is 0.537. The second-order valence-corrected chi connectivity index (χ2v) is 3.15. The first kappa shape index (κ1) is 9.58. The largest absolute Gasteiger partial charge is 0.340 e. The van der Waals surface area contributed by atoms with E-state index in [2.05, 4.69) is 15.3 Å². The highest BCUT2D eigenvalue weighted by Gasteiger charge is 2.00. The topological polar surface area (TPSA) is 37.8 Å². The lowest BCUT2D eigenvalue weighted by Crippen LogP contribution is -1.99. The van der Waals surface area contributed by atoms with Crippen LogP contribution in [-0.2, 0) is 0 Å². The quantitative estimate of drug-likeness (QED) is 0.762. The summed E-state index contributed by atoms with van der Waals surface area (Å²) in [6.45, 7) is 1.72. The first-order valence-electron chi connectivity index (χ1n) is 4.57. The van der Waals surface area contributed by atoms with E-state index in [0.29, 0.717) is 11.5 Å². The zero-order valence-electron chi connectivity index (χ0n) is 8.24. The lowest BCUT2D eigenvalue weighted by atomic mass is 10.3. The second-order valence-electron chi connectivity index (χ2n) is 3.15. The molecule has 0 amide bonds. The Bertz CT molecular complexity index is 436. The average molecular weight is 203 g/mol. The molecule has 1 aromatic carbocycles. The smallest absolute Gasteiger partial charge is 0.310 e. The molecular weight excluding hydrogens is 193 g/mol. The van der Waals surface area contributed by atoms with Gasteiger partial charge < -0.3 is 5.32 Å². The van der Waals surface area contributed by atoms with Gasteiger partial charge in [0.25, 0.3) is 0 Å². The number of anilines is 2. The van der Waals surface area contributed by atoms with Crippen LogP contribution in [0.4, 0.5) is 15.9 Å². The number of nitrogens with one attached hydrogen (secondary N) is 1. The van der Waals surface area contributed by atoms with E-state index in [1.54, 1.807) is 13.0 Å². The number of aryl methyl sites for hydroxylation is 1. The van der Waals surface area contributed by atoms with Crippen LogP contribution in [0.1, 0.15) is 5.69 Å². The Morgan fingerprint density at radius 3 is 2.53 bits per heavy atom. The van der Waals surface area contributed by atoms with Crippen LogP contribution in [0.3, 0.4) is 0 Å². The van der Waals surface area contributed by atoms with Crippen molar-refractivity contribution in [2.45, 2.75) is 6.92 Å². The van der Waals surface area contributed by atoms with Gasteiger partial charge in [0.15, 0.2) is 0 Å². The molecule has 0 aliphatic rings. The number of hydrogen-bond acceptors (Lipinski definition) is 3. The summed E-state index contributed by atoms with van der Waals surface area (Å²) in [6.07, 6.45) is -0.714. The van der Waals surface area contributed by atoms with Gasteiger partial charge >= 0.3 is 6.08 Å². The number of hydrogen-bond donors (Lipinski definition) is 1. The van der Waals surface area contributed by atoms with Crippen molar-refractivity contribution in [3.63, 3.8) is 0 Å². The molecule has 0 atom stereocenters. The summed E-state index contributed by atoms with van der Waals surface area (Å²) in [6, 6.07) is 11.2. The third kappa shape index (κ3) is 2.49. The standard InChI is InChI=1S/C11H10FN3/c1-8-7-10(15-11(12)13-8)14-9-5-3-2-4-6-9/h2-7H,1H3,(H,13,14,15). The molecule has 0 radical (unpaired) electrons. The maximum Gasteiger partial charge on any atom is 0.310 e. The first-order chi connectivity index (χ1) is 7.24. The van der Waals surface area contributed by atoms with Crippen LogP contribution in [0.5, 0.6) is 0 Å². The van der Waals surface area contributed by atoms with E-state index < -0.39 is 6.08 Å². The second kappa shape index (κ2) is 4.04. The molecule has 1 N–H and O–H groups in total. The van der Waals surface area contributed by atoms with Crippen LogP contribution in [0, 0.1) is 13.0 Å². The van der Waals surface area contributed by atoms with Gasteiger partial charge in [-0.1, -0.05) is 18.2 Å². The van der Waals surface area contributed by atoms with Gasteiger partial charge in [-0.3, -0.25) is 0 Å². The van der Waals surface area contributed by atoms with E-state index in [4.69, 9.17) is 0 Å². The number of nitrogens with zero attached hydrogens (tertiary/aromatic N) is 2. The molecule has 2 aromatic rings. The van der Waals surface area contributed by atoms with Crippen molar-refractivity contribution >= 4 is 11.5 Å². The Morgan fingerprint density at radius 1 is 1.13 bits per heavy atom. The van der Waals surface area contributed by atoms with Gasteiger partial charge in [0.2, 0.25) is 0 Å². The van der Waals surface area contributed by atoms with Crippen molar-refractivity contribution in [1.82, 2.24) is 9.97 Å². The molecular formula is C11H10FN3. The van der Waals surface area contributed by atoms with E-state index in [-0.39, 0.29) is 0 Å². The van der Waals surface area contributed by atoms with Crippen molar-refractivity contribution in [2.24, 2.45) is 0 Å². The molecule has 0 bridgehead atoms. The third-order valence-corrected chi connectivity index (χ3v) is 1.87. The fourth-order valence-corrected chi connectivity index (χ4v) is 1.27. The number of halogens is 1. The van der Waals surface area contributed by atoms with Crippen molar-refractivity contribution in [1.29, 1.82) is 0 Å². The predicted molar refractivity (Wildman–Crippen MR) is 56.5 cm³/mol. The van der Waals surface area contributed by atoms with E-state index >= 15 is 0 Å². The molecule has 15 heavy (non-hydrogen) atoms. The zero-order valence-corrected chi connectivity index (χ0v) is 8.24. The molecule has 0 saturated heterocycles. The minimum Gasteiger partial charge on any atom is -0.340 e. The number of aromatic nitrogens is 2. The number of rotatable bonds is 2. The number of benzene rings is 1. The van der Waals surface area contributed by atoms with E-state index in [9.17, 15) is 4.39 Å². The van der Waals surface area contributed by atoms with Gasteiger partial charge in [0.05, 0.1) is 0 Å². The number of para-hydroxylation sites is 1. The maximum absolute atomic E-state index is 12.9. The first-order valence-corrected chi connectivity index (χ1v) is 4.57. The summed E-state index contributed by atoms with van der Waals surface area (Å²) in [4.78, 5) is 7.20. The highest BCUT2D eigenvalue weighted by atomic mass is 19.1.